The number of methoxy groups -OCH3 is 1. The summed E-state index contributed by atoms with van der Waals surface area (Å²) in [6.07, 6.45) is 5.28. The van der Waals surface area contributed by atoms with Crippen molar-refractivity contribution in [2.45, 2.75) is 38.0 Å². The molecule has 1 heterocycles. The van der Waals surface area contributed by atoms with Crippen molar-refractivity contribution in [1.82, 2.24) is 5.16 Å². The molecule has 1 fully saturated rings. The van der Waals surface area contributed by atoms with Crippen LogP contribution in [0.15, 0.2) is 10.6 Å². The molecule has 5 nitrogen and oxygen atoms in total. The fourth-order valence-corrected chi connectivity index (χ4v) is 2.54. The minimum atomic E-state index is -0.837. The standard InChI is InChI=1S/C12H17NO4/c1-16-10-7-9(17-13-10)11(12(14)15)8-5-3-2-4-6-8/h7-8,11H,2-6H2,1H3,(H,14,15). The van der Waals surface area contributed by atoms with Gasteiger partial charge in [-0.3, -0.25) is 4.79 Å². The van der Waals surface area contributed by atoms with E-state index in [4.69, 9.17) is 9.26 Å². The lowest BCUT2D eigenvalue weighted by atomic mass is 9.79. The zero-order chi connectivity index (χ0) is 12.3. The highest BCUT2D eigenvalue weighted by Crippen LogP contribution is 2.37. The van der Waals surface area contributed by atoms with E-state index in [1.54, 1.807) is 6.07 Å². The van der Waals surface area contributed by atoms with E-state index in [0.29, 0.717) is 11.6 Å². The molecule has 0 aromatic carbocycles. The third-order valence-corrected chi connectivity index (χ3v) is 3.41. The van der Waals surface area contributed by atoms with Gasteiger partial charge in [0.1, 0.15) is 5.92 Å². The van der Waals surface area contributed by atoms with Gasteiger partial charge in [0, 0.05) is 6.07 Å². The molecule has 1 unspecified atom stereocenters. The van der Waals surface area contributed by atoms with Gasteiger partial charge in [-0.05, 0) is 23.9 Å². The van der Waals surface area contributed by atoms with E-state index in [-0.39, 0.29) is 5.92 Å². The Morgan fingerprint density at radius 3 is 2.76 bits per heavy atom. The molecular weight excluding hydrogens is 222 g/mol. The second-order valence-corrected chi connectivity index (χ2v) is 4.49. The van der Waals surface area contributed by atoms with Crippen LogP contribution in [0.5, 0.6) is 5.88 Å². The van der Waals surface area contributed by atoms with Crippen LogP contribution in [-0.4, -0.2) is 23.3 Å². The van der Waals surface area contributed by atoms with Crippen molar-refractivity contribution in [2.75, 3.05) is 7.11 Å². The number of aliphatic carboxylic acids is 1. The predicted octanol–water partition coefficient (Wildman–Crippen LogP) is 2.43. The summed E-state index contributed by atoms with van der Waals surface area (Å²) in [6.45, 7) is 0. The van der Waals surface area contributed by atoms with Crippen molar-refractivity contribution >= 4 is 5.97 Å². The third-order valence-electron chi connectivity index (χ3n) is 3.41. The van der Waals surface area contributed by atoms with Gasteiger partial charge in [0.2, 0.25) is 0 Å². The Morgan fingerprint density at radius 2 is 2.24 bits per heavy atom. The van der Waals surface area contributed by atoms with Gasteiger partial charge in [0.25, 0.3) is 5.88 Å². The molecular formula is C12H17NO4. The molecule has 1 saturated carbocycles. The molecule has 17 heavy (non-hydrogen) atoms. The largest absolute Gasteiger partial charge is 0.481 e. The summed E-state index contributed by atoms with van der Waals surface area (Å²) in [5.74, 6) is -0.537. The molecule has 1 aliphatic carbocycles. The third kappa shape index (κ3) is 2.60. The van der Waals surface area contributed by atoms with Crippen molar-refractivity contribution in [3.8, 4) is 5.88 Å². The number of aromatic nitrogens is 1. The maximum atomic E-state index is 11.4. The zero-order valence-electron chi connectivity index (χ0n) is 9.89. The lowest BCUT2D eigenvalue weighted by Gasteiger charge is -2.25. The fraction of sp³-hybridized carbons (Fsp3) is 0.667. The summed E-state index contributed by atoms with van der Waals surface area (Å²) < 4.78 is 9.99. The van der Waals surface area contributed by atoms with Gasteiger partial charge in [0.05, 0.1) is 7.11 Å². The van der Waals surface area contributed by atoms with Crippen molar-refractivity contribution in [2.24, 2.45) is 5.92 Å². The second-order valence-electron chi connectivity index (χ2n) is 4.49. The highest BCUT2D eigenvalue weighted by atomic mass is 16.5. The molecule has 0 bridgehead atoms. The van der Waals surface area contributed by atoms with Crippen LogP contribution in [0.2, 0.25) is 0 Å². The van der Waals surface area contributed by atoms with Crippen molar-refractivity contribution in [3.05, 3.63) is 11.8 Å². The summed E-state index contributed by atoms with van der Waals surface area (Å²) in [6, 6.07) is 1.58. The highest BCUT2D eigenvalue weighted by Gasteiger charge is 2.34. The van der Waals surface area contributed by atoms with Gasteiger partial charge in [0.15, 0.2) is 5.76 Å². The molecule has 0 aliphatic heterocycles. The smallest absolute Gasteiger partial charge is 0.314 e. The van der Waals surface area contributed by atoms with Crippen LogP contribution in [-0.2, 0) is 4.79 Å². The Labute approximate surface area is 99.7 Å². The van der Waals surface area contributed by atoms with Crippen LogP contribution in [0.1, 0.15) is 43.8 Å². The van der Waals surface area contributed by atoms with E-state index < -0.39 is 11.9 Å². The molecule has 1 aliphatic rings. The first-order valence-corrected chi connectivity index (χ1v) is 5.95. The van der Waals surface area contributed by atoms with Gasteiger partial charge >= 0.3 is 5.97 Å². The minimum absolute atomic E-state index is 0.152. The van der Waals surface area contributed by atoms with Crippen LogP contribution in [0.25, 0.3) is 0 Å². The summed E-state index contributed by atoms with van der Waals surface area (Å²) in [5, 5.41) is 13.0. The molecule has 1 aromatic heterocycles. The molecule has 5 heteroatoms. The number of rotatable bonds is 4. The van der Waals surface area contributed by atoms with Crippen LogP contribution < -0.4 is 4.74 Å². The first-order chi connectivity index (χ1) is 8.22. The van der Waals surface area contributed by atoms with E-state index in [2.05, 4.69) is 5.16 Å². The second kappa shape index (κ2) is 5.21. The Morgan fingerprint density at radius 1 is 1.53 bits per heavy atom. The van der Waals surface area contributed by atoms with E-state index in [1.165, 1.54) is 13.5 Å². The summed E-state index contributed by atoms with van der Waals surface area (Å²) in [7, 11) is 1.48. The quantitative estimate of drug-likeness (QED) is 0.873. The first kappa shape index (κ1) is 12.0. The molecule has 94 valence electrons. The van der Waals surface area contributed by atoms with E-state index in [0.717, 1.165) is 25.7 Å². The maximum absolute atomic E-state index is 11.4. The monoisotopic (exact) mass is 239 g/mol. The minimum Gasteiger partial charge on any atom is -0.481 e. The lowest BCUT2D eigenvalue weighted by molar-refractivity contribution is -0.141. The summed E-state index contributed by atoms with van der Waals surface area (Å²) in [4.78, 5) is 11.4. The number of carbonyl (C=O) groups is 1. The number of carboxylic acids is 1. The van der Waals surface area contributed by atoms with Gasteiger partial charge in [-0.15, -0.1) is 0 Å². The molecule has 0 radical (unpaired) electrons. The molecule has 0 saturated heterocycles. The molecule has 1 N–H and O–H groups in total. The maximum Gasteiger partial charge on any atom is 0.314 e. The average molecular weight is 239 g/mol. The normalized spacial score (nSPS) is 18.9. The first-order valence-electron chi connectivity index (χ1n) is 5.95. The molecule has 2 rings (SSSR count). The zero-order valence-corrected chi connectivity index (χ0v) is 9.89. The van der Waals surface area contributed by atoms with E-state index >= 15 is 0 Å². The van der Waals surface area contributed by atoms with Crippen LogP contribution in [0, 0.1) is 5.92 Å². The average Bonchev–Trinajstić information content (AvgIpc) is 2.79. The number of ether oxygens (including phenoxy) is 1. The molecule has 0 spiro atoms. The Hall–Kier alpha value is -1.52. The fourth-order valence-electron chi connectivity index (χ4n) is 2.54. The Kier molecular flexibility index (Phi) is 3.66. The Bertz CT molecular complexity index is 382. The van der Waals surface area contributed by atoms with Gasteiger partial charge in [-0.25, -0.2) is 0 Å². The summed E-state index contributed by atoms with van der Waals surface area (Å²) >= 11 is 0. The van der Waals surface area contributed by atoms with Gasteiger partial charge in [-0.2, -0.15) is 0 Å². The molecule has 0 amide bonds. The van der Waals surface area contributed by atoms with Gasteiger partial charge < -0.3 is 14.4 Å². The summed E-state index contributed by atoms with van der Waals surface area (Å²) in [5.41, 5.74) is 0. The lowest BCUT2D eigenvalue weighted by Crippen LogP contribution is -2.23. The molecule has 1 atom stereocenters. The van der Waals surface area contributed by atoms with Crippen LogP contribution >= 0.6 is 0 Å². The van der Waals surface area contributed by atoms with E-state index in [9.17, 15) is 9.90 Å². The topological polar surface area (TPSA) is 72.6 Å². The number of hydrogen-bond acceptors (Lipinski definition) is 4. The molecule has 1 aromatic rings. The van der Waals surface area contributed by atoms with Crippen LogP contribution in [0.4, 0.5) is 0 Å². The van der Waals surface area contributed by atoms with Crippen molar-refractivity contribution in [1.29, 1.82) is 0 Å². The predicted molar refractivity (Wildman–Crippen MR) is 60.0 cm³/mol. The SMILES string of the molecule is COc1cc(C(C(=O)O)C2CCCCC2)on1. The number of hydrogen-bond donors (Lipinski definition) is 1. The Balaban J connectivity index is 2.18. The van der Waals surface area contributed by atoms with Crippen molar-refractivity contribution < 1.29 is 19.2 Å². The number of nitrogens with zero attached hydrogens (tertiary/aromatic N) is 1. The van der Waals surface area contributed by atoms with Crippen molar-refractivity contribution in [3.63, 3.8) is 0 Å². The van der Waals surface area contributed by atoms with Gasteiger partial charge in [-0.1, -0.05) is 19.3 Å². The van der Waals surface area contributed by atoms with E-state index in [1.807, 2.05) is 0 Å². The van der Waals surface area contributed by atoms with Crippen LogP contribution in [0.3, 0.4) is 0 Å². The highest BCUT2D eigenvalue weighted by molar-refractivity contribution is 5.75. The number of carboxylic acid groups (broad SMARTS) is 1.